The van der Waals surface area contributed by atoms with Gasteiger partial charge in [-0.05, 0) is 38.8 Å². The van der Waals surface area contributed by atoms with Crippen molar-refractivity contribution in [2.24, 2.45) is 5.92 Å². The smallest absolute Gasteiger partial charge is 0.263 e. The van der Waals surface area contributed by atoms with E-state index in [9.17, 15) is 9.59 Å². The normalized spacial score (nSPS) is 19.2. The lowest BCUT2D eigenvalue weighted by molar-refractivity contribution is -0.126. The molecule has 110 valence electrons. The van der Waals surface area contributed by atoms with Crippen LogP contribution in [0.3, 0.4) is 0 Å². The monoisotopic (exact) mass is 314 g/mol. The van der Waals surface area contributed by atoms with Crippen LogP contribution in [0.4, 0.5) is 0 Å². The Balaban J connectivity index is 1.99. The van der Waals surface area contributed by atoms with E-state index in [1.165, 1.54) is 11.3 Å². The average molecular weight is 315 g/mol. The van der Waals surface area contributed by atoms with Gasteiger partial charge in [0.05, 0.1) is 15.1 Å². The molecule has 0 bridgehead atoms. The molecule has 6 heteroatoms. The molecule has 1 aliphatic rings. The molecule has 1 aromatic rings. The van der Waals surface area contributed by atoms with Crippen LogP contribution in [0.25, 0.3) is 0 Å². The number of likely N-dealkylation sites (tertiary alicyclic amines) is 1. The highest BCUT2D eigenvalue weighted by Gasteiger charge is 2.29. The van der Waals surface area contributed by atoms with Crippen molar-refractivity contribution in [2.75, 3.05) is 13.1 Å². The average Bonchev–Trinajstić information content (AvgIpc) is 2.84. The van der Waals surface area contributed by atoms with E-state index in [-0.39, 0.29) is 23.8 Å². The molecule has 1 fully saturated rings. The van der Waals surface area contributed by atoms with E-state index in [0.717, 1.165) is 12.8 Å². The summed E-state index contributed by atoms with van der Waals surface area (Å²) in [6, 6.07) is 3.60. The van der Waals surface area contributed by atoms with Crippen LogP contribution in [0, 0.1) is 5.92 Å². The number of hydrogen-bond acceptors (Lipinski definition) is 3. The number of nitrogens with zero attached hydrogens (tertiary/aromatic N) is 1. The number of halogens is 1. The van der Waals surface area contributed by atoms with E-state index in [2.05, 4.69) is 5.32 Å². The molecular weight excluding hydrogens is 296 g/mol. The van der Waals surface area contributed by atoms with Gasteiger partial charge in [0.15, 0.2) is 0 Å². The molecule has 1 aromatic heterocycles. The van der Waals surface area contributed by atoms with Crippen LogP contribution >= 0.6 is 22.9 Å². The summed E-state index contributed by atoms with van der Waals surface area (Å²) in [4.78, 5) is 26.8. The van der Waals surface area contributed by atoms with Crippen molar-refractivity contribution in [3.8, 4) is 0 Å². The number of amides is 2. The second-order valence-corrected chi connectivity index (χ2v) is 7.07. The lowest BCUT2D eigenvalue weighted by Gasteiger charge is -2.32. The van der Waals surface area contributed by atoms with E-state index in [0.29, 0.717) is 22.3 Å². The van der Waals surface area contributed by atoms with Gasteiger partial charge in [-0.15, -0.1) is 11.3 Å². The van der Waals surface area contributed by atoms with Gasteiger partial charge < -0.3 is 10.2 Å². The second kappa shape index (κ2) is 6.59. The Morgan fingerprint density at radius 3 is 2.80 bits per heavy atom. The van der Waals surface area contributed by atoms with Gasteiger partial charge in [0.1, 0.15) is 0 Å². The summed E-state index contributed by atoms with van der Waals surface area (Å²) in [5.74, 6) is -0.0869. The van der Waals surface area contributed by atoms with Gasteiger partial charge in [0.25, 0.3) is 5.91 Å². The Labute approximate surface area is 128 Å². The summed E-state index contributed by atoms with van der Waals surface area (Å²) in [7, 11) is 0. The lowest BCUT2D eigenvalue weighted by atomic mass is 9.96. The molecular formula is C14H19ClN2O2S. The maximum atomic E-state index is 12.3. The van der Waals surface area contributed by atoms with Crippen LogP contribution < -0.4 is 5.32 Å². The molecule has 1 aliphatic heterocycles. The lowest BCUT2D eigenvalue weighted by Crippen LogP contribution is -2.46. The van der Waals surface area contributed by atoms with E-state index < -0.39 is 0 Å². The summed E-state index contributed by atoms with van der Waals surface area (Å²) in [5.41, 5.74) is 0. The topological polar surface area (TPSA) is 49.4 Å². The molecule has 1 saturated heterocycles. The van der Waals surface area contributed by atoms with Crippen LogP contribution in [-0.4, -0.2) is 35.8 Å². The summed E-state index contributed by atoms with van der Waals surface area (Å²) in [6.45, 7) is 5.08. The minimum atomic E-state index is -0.106. The molecule has 2 heterocycles. The highest BCUT2D eigenvalue weighted by Crippen LogP contribution is 2.25. The largest absolute Gasteiger partial charge is 0.354 e. The zero-order valence-corrected chi connectivity index (χ0v) is 13.3. The fraction of sp³-hybridized carbons (Fsp3) is 0.571. The molecule has 2 rings (SSSR count). The highest BCUT2D eigenvalue weighted by molar-refractivity contribution is 7.17. The van der Waals surface area contributed by atoms with Gasteiger partial charge in [-0.3, -0.25) is 9.59 Å². The van der Waals surface area contributed by atoms with Crippen LogP contribution in [0.1, 0.15) is 36.4 Å². The van der Waals surface area contributed by atoms with E-state index >= 15 is 0 Å². The molecule has 1 unspecified atom stereocenters. The number of carbonyl (C=O) groups excluding carboxylic acids is 2. The third-order valence-electron chi connectivity index (χ3n) is 3.29. The summed E-state index contributed by atoms with van der Waals surface area (Å²) in [5, 5.41) is 2.92. The Bertz CT molecular complexity index is 501. The molecule has 4 nitrogen and oxygen atoms in total. The maximum absolute atomic E-state index is 12.3. The van der Waals surface area contributed by atoms with Crippen molar-refractivity contribution in [1.82, 2.24) is 10.2 Å². The molecule has 2 amide bonds. The number of piperidine rings is 1. The van der Waals surface area contributed by atoms with Crippen molar-refractivity contribution < 1.29 is 9.59 Å². The van der Waals surface area contributed by atoms with Crippen LogP contribution in [0.15, 0.2) is 12.1 Å². The number of nitrogens with one attached hydrogen (secondary N) is 1. The summed E-state index contributed by atoms with van der Waals surface area (Å²) >= 11 is 7.15. The molecule has 0 radical (unpaired) electrons. The number of hydrogen-bond donors (Lipinski definition) is 1. The van der Waals surface area contributed by atoms with Gasteiger partial charge in [-0.1, -0.05) is 11.6 Å². The number of rotatable bonds is 3. The van der Waals surface area contributed by atoms with Crippen LogP contribution in [0.5, 0.6) is 0 Å². The highest BCUT2D eigenvalue weighted by atomic mass is 35.5. The van der Waals surface area contributed by atoms with Crippen molar-refractivity contribution in [2.45, 2.75) is 32.7 Å². The number of carbonyl (C=O) groups is 2. The van der Waals surface area contributed by atoms with Crippen molar-refractivity contribution >= 4 is 34.8 Å². The Morgan fingerprint density at radius 2 is 2.20 bits per heavy atom. The molecule has 0 aliphatic carbocycles. The first-order valence-electron chi connectivity index (χ1n) is 6.82. The molecule has 1 atom stereocenters. The Kier molecular flexibility index (Phi) is 5.05. The Hall–Kier alpha value is -1.07. The van der Waals surface area contributed by atoms with Crippen LogP contribution in [-0.2, 0) is 4.79 Å². The van der Waals surface area contributed by atoms with E-state index in [1.807, 2.05) is 13.8 Å². The molecule has 1 N–H and O–H groups in total. The van der Waals surface area contributed by atoms with Crippen molar-refractivity contribution in [1.29, 1.82) is 0 Å². The molecule has 20 heavy (non-hydrogen) atoms. The van der Waals surface area contributed by atoms with Gasteiger partial charge >= 0.3 is 0 Å². The quantitative estimate of drug-likeness (QED) is 0.932. The molecule has 0 aromatic carbocycles. The zero-order chi connectivity index (χ0) is 14.7. The number of thiophene rings is 1. The van der Waals surface area contributed by atoms with E-state index in [1.54, 1.807) is 17.0 Å². The third-order valence-corrected chi connectivity index (χ3v) is 4.51. The molecule has 0 spiro atoms. The van der Waals surface area contributed by atoms with Gasteiger partial charge in [0, 0.05) is 19.1 Å². The predicted octanol–water partition coefficient (Wildman–Crippen LogP) is 2.78. The standard InChI is InChI=1S/C14H19ClN2O2S/c1-9(2)16-13(18)10-4-3-7-17(8-10)14(19)11-5-6-12(15)20-11/h5-6,9-10H,3-4,7-8H2,1-2H3,(H,16,18). The van der Waals surface area contributed by atoms with Crippen molar-refractivity contribution in [3.05, 3.63) is 21.3 Å². The van der Waals surface area contributed by atoms with Gasteiger partial charge in [0.2, 0.25) is 5.91 Å². The molecule has 0 saturated carbocycles. The zero-order valence-electron chi connectivity index (χ0n) is 11.7. The fourth-order valence-corrected chi connectivity index (χ4v) is 3.37. The first kappa shape index (κ1) is 15.3. The summed E-state index contributed by atoms with van der Waals surface area (Å²) < 4.78 is 0.611. The van der Waals surface area contributed by atoms with Crippen LogP contribution in [0.2, 0.25) is 4.34 Å². The van der Waals surface area contributed by atoms with Gasteiger partial charge in [-0.25, -0.2) is 0 Å². The predicted molar refractivity (Wildman–Crippen MR) is 81.2 cm³/mol. The first-order chi connectivity index (χ1) is 9.47. The van der Waals surface area contributed by atoms with Crippen molar-refractivity contribution in [3.63, 3.8) is 0 Å². The van der Waals surface area contributed by atoms with Gasteiger partial charge in [-0.2, -0.15) is 0 Å². The fourth-order valence-electron chi connectivity index (χ4n) is 2.36. The minimum Gasteiger partial charge on any atom is -0.354 e. The second-order valence-electron chi connectivity index (χ2n) is 5.36. The maximum Gasteiger partial charge on any atom is 0.263 e. The third kappa shape index (κ3) is 3.73. The SMILES string of the molecule is CC(C)NC(=O)C1CCCN(C(=O)c2ccc(Cl)s2)C1. The summed E-state index contributed by atoms with van der Waals surface area (Å²) in [6.07, 6.45) is 1.70. The minimum absolute atomic E-state index is 0.0241. The first-order valence-corrected chi connectivity index (χ1v) is 8.02. The van der Waals surface area contributed by atoms with E-state index in [4.69, 9.17) is 11.6 Å². The Morgan fingerprint density at radius 1 is 1.45 bits per heavy atom.